The molecule has 0 aliphatic heterocycles. The number of hydrogen-bond acceptors (Lipinski definition) is 5. The van der Waals surface area contributed by atoms with Crippen molar-refractivity contribution in [2.24, 2.45) is 7.05 Å². The Labute approximate surface area is 197 Å². The van der Waals surface area contributed by atoms with Crippen LogP contribution in [0, 0.1) is 12.3 Å². The van der Waals surface area contributed by atoms with Gasteiger partial charge in [-0.15, -0.1) is 6.42 Å². The van der Waals surface area contributed by atoms with E-state index in [0.717, 1.165) is 17.6 Å². The van der Waals surface area contributed by atoms with Gasteiger partial charge >= 0.3 is 6.18 Å². The van der Waals surface area contributed by atoms with Gasteiger partial charge in [-0.1, -0.05) is 5.92 Å². The number of aromatic nitrogens is 5. The van der Waals surface area contributed by atoms with Gasteiger partial charge in [-0.05, 0) is 42.5 Å². The lowest BCUT2D eigenvalue weighted by atomic mass is 10.2. The van der Waals surface area contributed by atoms with Gasteiger partial charge in [0.25, 0.3) is 0 Å². The van der Waals surface area contributed by atoms with Gasteiger partial charge in [0.05, 0.1) is 22.8 Å². The molecule has 2 N–H and O–H groups in total. The minimum atomic E-state index is -4.38. The molecule has 35 heavy (non-hydrogen) atoms. The van der Waals surface area contributed by atoms with Crippen LogP contribution in [0.1, 0.15) is 11.3 Å². The number of aryl methyl sites for hydroxylation is 1. The molecule has 7 nitrogen and oxygen atoms in total. The van der Waals surface area contributed by atoms with E-state index in [2.05, 4.69) is 31.2 Å². The predicted octanol–water partition coefficient (Wildman–Crippen LogP) is 5.89. The van der Waals surface area contributed by atoms with E-state index in [1.165, 1.54) is 12.1 Å². The lowest BCUT2D eigenvalue weighted by Gasteiger charge is -2.09. The number of alkyl halides is 3. The maximum atomic E-state index is 12.8. The minimum absolute atomic E-state index is 0.477. The summed E-state index contributed by atoms with van der Waals surface area (Å²) in [5, 5.41) is 3.05. The number of pyridine rings is 1. The van der Waals surface area contributed by atoms with Crippen LogP contribution >= 0.6 is 0 Å². The standard InChI is InChI=1S/C25H17F3N6O/c1-3-16-14-30-23(31-16)21-13-19(10-11-29-21)35-18-8-9-22-20(12-18)33-24(34(22)2)32-17-6-4-15(5-7-17)25(26,27)28/h1,4-14H,2H3,(H,30,31)(H,32,33). The second-order valence-electron chi connectivity index (χ2n) is 7.61. The summed E-state index contributed by atoms with van der Waals surface area (Å²) in [4.78, 5) is 16.1. The Kier molecular flexibility index (Phi) is 5.37. The van der Waals surface area contributed by atoms with Gasteiger partial charge in [0.1, 0.15) is 22.9 Å². The molecule has 5 aromatic rings. The molecule has 0 fully saturated rings. The summed E-state index contributed by atoms with van der Waals surface area (Å²) in [6, 6.07) is 13.7. The third-order valence-corrected chi connectivity index (χ3v) is 5.26. The van der Waals surface area contributed by atoms with E-state index in [1.807, 2.05) is 13.1 Å². The molecule has 0 aliphatic rings. The van der Waals surface area contributed by atoms with Gasteiger partial charge in [0, 0.05) is 31.1 Å². The second-order valence-corrected chi connectivity index (χ2v) is 7.61. The van der Waals surface area contributed by atoms with Crippen LogP contribution in [0.5, 0.6) is 11.5 Å². The monoisotopic (exact) mass is 474 g/mol. The highest BCUT2D eigenvalue weighted by Gasteiger charge is 2.30. The van der Waals surface area contributed by atoms with Gasteiger partial charge in [-0.25, -0.2) is 9.97 Å². The van der Waals surface area contributed by atoms with Crippen molar-refractivity contribution in [3.05, 3.63) is 78.2 Å². The fourth-order valence-electron chi connectivity index (χ4n) is 3.49. The number of H-pyrrole nitrogens is 1. The van der Waals surface area contributed by atoms with E-state index >= 15 is 0 Å². The van der Waals surface area contributed by atoms with E-state index < -0.39 is 11.7 Å². The maximum Gasteiger partial charge on any atom is 0.416 e. The Bertz CT molecular complexity index is 1560. The molecule has 3 heterocycles. The molecule has 0 atom stereocenters. The largest absolute Gasteiger partial charge is 0.457 e. The van der Waals surface area contributed by atoms with Gasteiger partial charge < -0.3 is 19.6 Å². The molecule has 174 valence electrons. The molecule has 0 spiro atoms. The fourth-order valence-corrected chi connectivity index (χ4v) is 3.49. The van der Waals surface area contributed by atoms with Crippen LogP contribution in [-0.2, 0) is 13.2 Å². The summed E-state index contributed by atoms with van der Waals surface area (Å²) in [6.45, 7) is 0. The number of terminal acetylenes is 1. The third kappa shape index (κ3) is 4.52. The normalized spacial score (nSPS) is 11.4. The molecule has 2 aromatic carbocycles. The Morgan fingerprint density at radius 1 is 1.03 bits per heavy atom. The molecule has 0 unspecified atom stereocenters. The summed E-state index contributed by atoms with van der Waals surface area (Å²) >= 11 is 0. The number of imidazole rings is 2. The van der Waals surface area contributed by atoms with E-state index in [0.29, 0.717) is 45.9 Å². The number of fused-ring (bicyclic) bond motifs is 1. The van der Waals surface area contributed by atoms with Crippen molar-refractivity contribution in [3.63, 3.8) is 0 Å². The van der Waals surface area contributed by atoms with Crippen LogP contribution in [0.4, 0.5) is 24.8 Å². The van der Waals surface area contributed by atoms with Gasteiger partial charge in [-0.2, -0.15) is 13.2 Å². The lowest BCUT2D eigenvalue weighted by Crippen LogP contribution is -2.05. The van der Waals surface area contributed by atoms with Crippen molar-refractivity contribution in [2.75, 3.05) is 5.32 Å². The first-order valence-corrected chi connectivity index (χ1v) is 10.4. The van der Waals surface area contributed by atoms with Crippen molar-refractivity contribution < 1.29 is 17.9 Å². The van der Waals surface area contributed by atoms with Crippen molar-refractivity contribution in [1.82, 2.24) is 24.5 Å². The number of halogens is 3. The number of hydrogen-bond donors (Lipinski definition) is 2. The molecule has 0 radical (unpaired) electrons. The summed E-state index contributed by atoms with van der Waals surface area (Å²) in [7, 11) is 1.81. The Hall–Kier alpha value is -4.78. The molecule has 0 saturated carbocycles. The van der Waals surface area contributed by atoms with Crippen molar-refractivity contribution in [2.45, 2.75) is 6.18 Å². The Balaban J connectivity index is 1.37. The molecule has 5 rings (SSSR count). The van der Waals surface area contributed by atoms with E-state index in [-0.39, 0.29) is 0 Å². The van der Waals surface area contributed by atoms with Gasteiger partial charge in [0.15, 0.2) is 5.82 Å². The number of nitrogens with zero attached hydrogens (tertiary/aromatic N) is 4. The minimum Gasteiger partial charge on any atom is -0.457 e. The summed E-state index contributed by atoms with van der Waals surface area (Å²) < 4.78 is 46.2. The Morgan fingerprint density at radius 2 is 1.80 bits per heavy atom. The van der Waals surface area contributed by atoms with Crippen molar-refractivity contribution in [1.29, 1.82) is 0 Å². The number of ether oxygens (including phenoxy) is 1. The van der Waals surface area contributed by atoms with Crippen LogP contribution in [0.3, 0.4) is 0 Å². The van der Waals surface area contributed by atoms with Crippen LogP contribution in [0.15, 0.2) is 67.0 Å². The van der Waals surface area contributed by atoms with Crippen molar-refractivity contribution in [3.8, 4) is 35.4 Å². The highest BCUT2D eigenvalue weighted by Crippen LogP contribution is 2.32. The number of nitrogens with one attached hydrogen (secondary N) is 2. The zero-order valence-corrected chi connectivity index (χ0v) is 18.3. The summed E-state index contributed by atoms with van der Waals surface area (Å²) in [6.07, 6.45) is 4.15. The molecular formula is C25H17F3N6O. The maximum absolute atomic E-state index is 12.8. The fraction of sp³-hybridized carbons (Fsp3) is 0.0800. The summed E-state index contributed by atoms with van der Waals surface area (Å²) in [5.41, 5.74) is 2.37. The van der Waals surface area contributed by atoms with E-state index in [4.69, 9.17) is 11.2 Å². The Morgan fingerprint density at radius 3 is 2.51 bits per heavy atom. The molecular weight excluding hydrogens is 457 g/mol. The topological polar surface area (TPSA) is 80.7 Å². The number of benzene rings is 2. The SMILES string of the molecule is C#Cc1cnc(-c2cc(Oc3ccc4c(c3)nc(Nc3ccc(C(F)(F)F)cc3)n4C)ccn2)[nH]1. The highest BCUT2D eigenvalue weighted by atomic mass is 19.4. The van der Waals surface area contributed by atoms with E-state index in [9.17, 15) is 13.2 Å². The first-order chi connectivity index (χ1) is 16.8. The van der Waals surface area contributed by atoms with Crippen LogP contribution in [-0.4, -0.2) is 24.5 Å². The predicted molar refractivity (Wildman–Crippen MR) is 125 cm³/mol. The quantitative estimate of drug-likeness (QED) is 0.310. The zero-order chi connectivity index (χ0) is 24.6. The van der Waals surface area contributed by atoms with Crippen molar-refractivity contribution >= 4 is 22.7 Å². The van der Waals surface area contributed by atoms with Gasteiger partial charge in [-0.3, -0.25) is 4.98 Å². The average molecular weight is 474 g/mol. The number of rotatable bonds is 5. The number of aromatic amines is 1. The molecule has 0 saturated heterocycles. The van der Waals surface area contributed by atoms with Crippen LogP contribution < -0.4 is 10.1 Å². The molecule has 0 aliphatic carbocycles. The highest BCUT2D eigenvalue weighted by molar-refractivity contribution is 5.81. The lowest BCUT2D eigenvalue weighted by molar-refractivity contribution is -0.137. The van der Waals surface area contributed by atoms with E-state index in [1.54, 1.807) is 41.2 Å². The smallest absolute Gasteiger partial charge is 0.416 e. The molecule has 0 bridgehead atoms. The van der Waals surface area contributed by atoms with Crippen LogP contribution in [0.2, 0.25) is 0 Å². The molecule has 10 heteroatoms. The first-order valence-electron chi connectivity index (χ1n) is 10.4. The second kappa shape index (κ2) is 8.53. The van der Waals surface area contributed by atoms with Crippen LogP contribution in [0.25, 0.3) is 22.6 Å². The first kappa shape index (κ1) is 22.0. The average Bonchev–Trinajstić information content (AvgIpc) is 3.44. The molecule has 3 aromatic heterocycles. The molecule has 0 amide bonds. The zero-order valence-electron chi connectivity index (χ0n) is 18.3. The van der Waals surface area contributed by atoms with Gasteiger partial charge in [0.2, 0.25) is 5.95 Å². The summed E-state index contributed by atoms with van der Waals surface area (Å²) in [5.74, 6) is 4.59. The third-order valence-electron chi connectivity index (χ3n) is 5.26. The number of anilines is 2.